The highest BCUT2D eigenvalue weighted by Crippen LogP contribution is 2.24. The number of piperazine rings is 1. The molecule has 2 aromatic carbocycles. The molecular weight excluding hydrogens is 477 g/mol. The van der Waals surface area contributed by atoms with Gasteiger partial charge in [0.05, 0.1) is 0 Å². The lowest BCUT2D eigenvalue weighted by molar-refractivity contribution is -0.0105. The van der Waals surface area contributed by atoms with E-state index in [9.17, 15) is 14.0 Å². The van der Waals surface area contributed by atoms with Crippen molar-refractivity contribution in [1.82, 2.24) is 15.1 Å². The first-order valence-electron chi connectivity index (χ1n) is 12.1. The number of hydrogen-bond donors (Lipinski definition) is 1. The monoisotopic (exact) mass is 514 g/mol. The van der Waals surface area contributed by atoms with Gasteiger partial charge in [-0.1, -0.05) is 12.1 Å². The number of ether oxygens (including phenoxy) is 1. The smallest absolute Gasteiger partial charge is 0.410 e. The Morgan fingerprint density at radius 3 is 2.33 bits per heavy atom. The normalized spacial score (nSPS) is 16.1. The zero-order valence-electron chi connectivity index (χ0n) is 22.3. The topological polar surface area (TPSA) is 71.1 Å². The fourth-order valence-electron chi connectivity index (χ4n) is 4.05. The highest BCUT2D eigenvalue weighted by Gasteiger charge is 2.39. The number of carbonyl (C=O) groups is 2. The number of amides is 2. The molecule has 0 aliphatic carbocycles. The molecule has 7 nitrogen and oxygen atoms in total. The van der Waals surface area contributed by atoms with Crippen LogP contribution < -0.4 is 14.9 Å². The van der Waals surface area contributed by atoms with Crippen LogP contribution >= 0.6 is 0 Å². The maximum absolute atomic E-state index is 14.5. The zero-order valence-corrected chi connectivity index (χ0v) is 23.3. The minimum atomic E-state index is -1.74. The molecule has 0 unspecified atom stereocenters. The van der Waals surface area contributed by atoms with E-state index in [1.165, 1.54) is 0 Å². The molecule has 1 radical (unpaired) electrons. The number of carbonyl (C=O) groups excluding carboxylic acids is 2. The predicted molar refractivity (Wildman–Crippen MR) is 140 cm³/mol. The first-order chi connectivity index (χ1) is 16.8. The van der Waals surface area contributed by atoms with Crippen LogP contribution in [0, 0.1) is 12.7 Å². The summed E-state index contributed by atoms with van der Waals surface area (Å²) < 4.78 is 26.5. The Morgan fingerprint density at radius 1 is 1.11 bits per heavy atom. The van der Waals surface area contributed by atoms with Crippen molar-refractivity contribution >= 4 is 26.2 Å². The van der Waals surface area contributed by atoms with Gasteiger partial charge in [-0.05, 0) is 82.6 Å². The van der Waals surface area contributed by atoms with Crippen molar-refractivity contribution in [3.05, 3.63) is 59.4 Å². The molecule has 0 atom stereocenters. The van der Waals surface area contributed by atoms with E-state index in [0.29, 0.717) is 42.7 Å². The average molecular weight is 515 g/mol. The van der Waals surface area contributed by atoms with E-state index >= 15 is 0 Å². The minimum Gasteiger partial charge on any atom is -0.536 e. The summed E-state index contributed by atoms with van der Waals surface area (Å²) in [6.07, 6.45) is 0.285. The third-order valence-electron chi connectivity index (χ3n) is 6.14. The van der Waals surface area contributed by atoms with Crippen molar-refractivity contribution in [2.75, 3.05) is 32.8 Å². The van der Waals surface area contributed by atoms with Crippen molar-refractivity contribution in [3.63, 3.8) is 0 Å². The summed E-state index contributed by atoms with van der Waals surface area (Å²) in [6, 6.07) is 12.2. The molecule has 1 saturated heterocycles. The van der Waals surface area contributed by atoms with Crippen LogP contribution in [0.2, 0.25) is 0 Å². The Bertz CT molecular complexity index is 1090. The molecule has 3 rings (SSSR count). The molecule has 9 heteroatoms. The molecule has 36 heavy (non-hydrogen) atoms. The van der Waals surface area contributed by atoms with Gasteiger partial charge in [0.15, 0.2) is 0 Å². The van der Waals surface area contributed by atoms with Crippen molar-refractivity contribution in [1.29, 1.82) is 0 Å². The van der Waals surface area contributed by atoms with Gasteiger partial charge in [-0.2, -0.15) is 0 Å². The summed E-state index contributed by atoms with van der Waals surface area (Å²) in [6.45, 7) is 13.2. The van der Waals surface area contributed by atoms with E-state index in [1.807, 2.05) is 26.8 Å². The van der Waals surface area contributed by atoms with Crippen LogP contribution in [0.1, 0.15) is 50.5 Å². The highest BCUT2D eigenvalue weighted by molar-refractivity contribution is 6.68. The standard InChI is InChI=1S/C27H37FN3O4Si/c1-19-8-13-22(16-23(19)28)36(35-21-11-9-20(10-12-21)24(32)29-7)18-31-15-14-30(17-27(31,5)6)25(33)34-26(2,3)4/h8-13,16H,14-15,17-18H2,1-7H3,(H,29,32). The first kappa shape index (κ1) is 27.7. The summed E-state index contributed by atoms with van der Waals surface area (Å²) in [5.74, 6) is 0.197. The van der Waals surface area contributed by atoms with Gasteiger partial charge < -0.3 is 19.4 Å². The fourth-order valence-corrected chi connectivity index (χ4v) is 6.32. The van der Waals surface area contributed by atoms with Crippen LogP contribution in [0.4, 0.5) is 9.18 Å². The number of nitrogens with zero attached hydrogens (tertiary/aromatic N) is 2. The van der Waals surface area contributed by atoms with E-state index in [4.69, 9.17) is 9.16 Å². The van der Waals surface area contributed by atoms with Gasteiger partial charge in [0.2, 0.25) is 0 Å². The van der Waals surface area contributed by atoms with Crippen LogP contribution in [0.25, 0.3) is 0 Å². The molecule has 1 N–H and O–H groups in total. The third kappa shape index (κ3) is 7.07. The number of hydrogen-bond acceptors (Lipinski definition) is 5. The van der Waals surface area contributed by atoms with Gasteiger partial charge in [-0.25, -0.2) is 9.18 Å². The van der Waals surface area contributed by atoms with Crippen molar-refractivity contribution in [3.8, 4) is 5.75 Å². The largest absolute Gasteiger partial charge is 0.536 e. The van der Waals surface area contributed by atoms with Gasteiger partial charge in [-0.15, -0.1) is 0 Å². The molecule has 0 spiro atoms. The Labute approximate surface area is 215 Å². The second-order valence-corrected chi connectivity index (χ2v) is 12.7. The molecule has 1 aliphatic rings. The Balaban J connectivity index is 1.81. The number of benzene rings is 2. The number of aryl methyl sites for hydroxylation is 1. The average Bonchev–Trinajstić information content (AvgIpc) is 2.80. The van der Waals surface area contributed by atoms with Crippen molar-refractivity contribution < 1.29 is 23.1 Å². The van der Waals surface area contributed by atoms with E-state index in [2.05, 4.69) is 24.1 Å². The zero-order chi connectivity index (χ0) is 26.7. The van der Waals surface area contributed by atoms with Crippen LogP contribution in [0.3, 0.4) is 0 Å². The van der Waals surface area contributed by atoms with Crippen LogP contribution in [-0.2, 0) is 4.74 Å². The van der Waals surface area contributed by atoms with Crippen LogP contribution in [-0.4, -0.2) is 74.8 Å². The molecule has 1 aliphatic heterocycles. The van der Waals surface area contributed by atoms with Gasteiger partial charge >= 0.3 is 15.1 Å². The molecule has 1 fully saturated rings. The molecular formula is C27H37FN3O4Si. The van der Waals surface area contributed by atoms with E-state index < -0.39 is 14.6 Å². The van der Waals surface area contributed by atoms with Gasteiger partial charge in [0, 0.05) is 44.0 Å². The Hall–Kier alpha value is -2.91. The fraction of sp³-hybridized carbons (Fsp3) is 0.481. The van der Waals surface area contributed by atoms with E-state index in [1.54, 1.807) is 55.3 Å². The predicted octanol–water partition coefficient (Wildman–Crippen LogP) is 3.64. The third-order valence-corrected chi connectivity index (χ3v) is 8.24. The maximum Gasteiger partial charge on any atom is 0.410 e. The van der Waals surface area contributed by atoms with Crippen molar-refractivity contribution in [2.24, 2.45) is 0 Å². The van der Waals surface area contributed by atoms with E-state index in [-0.39, 0.29) is 23.4 Å². The van der Waals surface area contributed by atoms with Gasteiger partial charge in [-0.3, -0.25) is 9.69 Å². The summed E-state index contributed by atoms with van der Waals surface area (Å²) in [4.78, 5) is 28.6. The SMILES string of the molecule is CNC(=O)c1ccc(O[Si](CN2CCN(C(=O)OC(C)(C)C)CC2(C)C)c2ccc(C)c(F)c2)cc1. The number of nitrogens with one attached hydrogen (secondary N) is 1. The molecule has 0 bridgehead atoms. The molecule has 0 aromatic heterocycles. The first-order valence-corrected chi connectivity index (χ1v) is 13.8. The molecule has 2 aromatic rings. The highest BCUT2D eigenvalue weighted by atomic mass is 28.3. The van der Waals surface area contributed by atoms with Crippen LogP contribution in [0.5, 0.6) is 5.75 Å². The molecule has 195 valence electrons. The quantitative estimate of drug-likeness (QED) is 0.596. The Morgan fingerprint density at radius 2 is 1.78 bits per heavy atom. The van der Waals surface area contributed by atoms with Gasteiger partial charge in [0.25, 0.3) is 5.91 Å². The number of rotatable bonds is 6. The summed E-state index contributed by atoms with van der Waals surface area (Å²) in [7, 11) is -0.148. The Kier molecular flexibility index (Phi) is 8.46. The molecule has 1 heterocycles. The second-order valence-electron chi connectivity index (χ2n) is 10.7. The minimum absolute atomic E-state index is 0.169. The number of halogens is 1. The van der Waals surface area contributed by atoms with Gasteiger partial charge in [0.1, 0.15) is 17.2 Å². The van der Waals surface area contributed by atoms with E-state index in [0.717, 1.165) is 5.19 Å². The van der Waals surface area contributed by atoms with Crippen LogP contribution in [0.15, 0.2) is 42.5 Å². The summed E-state index contributed by atoms with van der Waals surface area (Å²) in [5, 5.41) is 3.43. The lowest BCUT2D eigenvalue weighted by Crippen LogP contribution is -2.64. The second kappa shape index (κ2) is 11.0. The maximum atomic E-state index is 14.5. The lowest BCUT2D eigenvalue weighted by Gasteiger charge is -2.47. The van der Waals surface area contributed by atoms with Crippen molar-refractivity contribution in [2.45, 2.75) is 52.7 Å². The lowest BCUT2D eigenvalue weighted by atomic mass is 10.00. The summed E-state index contributed by atoms with van der Waals surface area (Å²) >= 11 is 0. The molecule has 0 saturated carbocycles. The summed E-state index contributed by atoms with van der Waals surface area (Å²) in [5.41, 5.74) is 0.243. The molecule has 2 amide bonds.